The molecule has 58 valence electrons. The summed E-state index contributed by atoms with van der Waals surface area (Å²) in [6.07, 6.45) is 0. The first-order valence-electron chi connectivity index (χ1n) is 2.59. The van der Waals surface area contributed by atoms with Gasteiger partial charge in [0.2, 0.25) is 0 Å². The average Bonchev–Trinajstić information content (AvgIpc) is 1.83. The van der Waals surface area contributed by atoms with Gasteiger partial charge in [-0.25, -0.2) is 4.21 Å². The molecule has 0 aliphatic rings. The summed E-state index contributed by atoms with van der Waals surface area (Å²) in [7, 11) is 0. The first-order valence-corrected chi connectivity index (χ1v) is 3.59. The molecule has 0 fully saturated rings. The van der Waals surface area contributed by atoms with Gasteiger partial charge in [-0.05, 0) is 12.5 Å². The van der Waals surface area contributed by atoms with Gasteiger partial charge in [0.05, 0.1) is 18.0 Å². The molecule has 0 saturated heterocycles. The smallest absolute Gasteiger partial charge is 1.00 e. The minimum absolute atomic E-state index is 0. The first-order chi connectivity index (χ1) is 4.16. The van der Waals surface area contributed by atoms with Gasteiger partial charge >= 0.3 is 29.6 Å². The molecule has 0 aromatic carbocycles. The van der Waals surface area contributed by atoms with Gasteiger partial charge in [-0.1, -0.05) is 6.92 Å². The van der Waals surface area contributed by atoms with E-state index in [1.807, 2.05) is 6.92 Å². The van der Waals surface area contributed by atoms with Gasteiger partial charge in [-0.15, -0.1) is 0 Å². The van der Waals surface area contributed by atoms with E-state index in [1.54, 1.807) is 0 Å². The van der Waals surface area contributed by atoms with E-state index in [-0.39, 0.29) is 43.5 Å². The van der Waals surface area contributed by atoms with Gasteiger partial charge in [0.15, 0.2) is 0 Å². The van der Waals surface area contributed by atoms with E-state index in [0.717, 1.165) is 0 Å². The fourth-order valence-corrected chi connectivity index (χ4v) is 0.583. The number of nitrogens with two attached hydrogens (primary N) is 1. The van der Waals surface area contributed by atoms with Gasteiger partial charge in [-0.3, -0.25) is 0 Å². The van der Waals surface area contributed by atoms with Crippen LogP contribution >= 0.6 is 0 Å². The van der Waals surface area contributed by atoms with Crippen molar-refractivity contribution in [3.63, 3.8) is 0 Å². The van der Waals surface area contributed by atoms with Crippen molar-refractivity contribution in [2.24, 2.45) is 11.7 Å². The molecule has 6 heteroatoms. The quantitative estimate of drug-likeness (QED) is 0.356. The second kappa shape index (κ2) is 8.13. The second-order valence-electron chi connectivity index (χ2n) is 1.83. The molecule has 0 radical (unpaired) electrons. The molecule has 0 saturated carbocycles. The Bertz CT molecular complexity index is 107. The molecular weight excluding hydrogens is 165 g/mol. The molecule has 0 spiro atoms. The van der Waals surface area contributed by atoms with Crippen molar-refractivity contribution < 1.29 is 43.9 Å². The van der Waals surface area contributed by atoms with Crippen molar-refractivity contribution in [1.82, 2.24) is 0 Å². The molecule has 10 heavy (non-hydrogen) atoms. The van der Waals surface area contributed by atoms with Crippen LogP contribution in [0.15, 0.2) is 0 Å². The van der Waals surface area contributed by atoms with Gasteiger partial charge in [0, 0.05) is 0 Å². The Morgan fingerprint density at radius 1 is 1.90 bits per heavy atom. The number of hydrogen-bond donors (Lipinski definition) is 1. The Kier molecular flexibility index (Phi) is 11.1. The maximum Gasteiger partial charge on any atom is 1.00 e. The van der Waals surface area contributed by atoms with Crippen molar-refractivity contribution in [3.05, 3.63) is 0 Å². The molecule has 0 aromatic heterocycles. The summed E-state index contributed by atoms with van der Waals surface area (Å²) < 4.78 is 23.7. The monoisotopic (exact) mass is 176 g/mol. The molecule has 0 aliphatic heterocycles. The minimum Gasteiger partial charge on any atom is -1.00 e. The van der Waals surface area contributed by atoms with Crippen molar-refractivity contribution in [2.75, 3.05) is 13.2 Å². The molecule has 0 rings (SSSR count). The van der Waals surface area contributed by atoms with E-state index in [1.165, 1.54) is 0 Å². The van der Waals surface area contributed by atoms with Crippen LogP contribution in [0.2, 0.25) is 0 Å². The zero-order valence-corrected chi connectivity index (χ0v) is 9.02. The molecule has 2 N–H and O–H groups in total. The Balaban J connectivity index is -0.000000320. The summed E-state index contributed by atoms with van der Waals surface area (Å²) in [5.74, 6) is 0.0999. The van der Waals surface area contributed by atoms with Crippen LogP contribution in [-0.2, 0) is 15.5 Å². The third-order valence-corrected chi connectivity index (χ3v) is 1.18. The van der Waals surface area contributed by atoms with Crippen LogP contribution in [0.4, 0.5) is 0 Å². The van der Waals surface area contributed by atoms with Crippen LogP contribution in [0.25, 0.3) is 0 Å². The third-order valence-electron chi connectivity index (χ3n) is 0.851. The molecular formula is C4H11NNaO3S-. The van der Waals surface area contributed by atoms with Crippen molar-refractivity contribution in [3.8, 4) is 0 Å². The van der Waals surface area contributed by atoms with Crippen LogP contribution in [-0.4, -0.2) is 21.9 Å². The Hall–Kier alpha value is 1.03. The molecule has 0 aliphatic carbocycles. The van der Waals surface area contributed by atoms with Crippen LogP contribution in [0.5, 0.6) is 0 Å². The zero-order chi connectivity index (χ0) is 7.28. The van der Waals surface area contributed by atoms with E-state index >= 15 is 0 Å². The van der Waals surface area contributed by atoms with Crippen molar-refractivity contribution in [1.29, 1.82) is 0 Å². The van der Waals surface area contributed by atoms with E-state index in [9.17, 15) is 8.76 Å². The van der Waals surface area contributed by atoms with Crippen molar-refractivity contribution in [2.45, 2.75) is 6.92 Å². The van der Waals surface area contributed by atoms with E-state index < -0.39 is 11.4 Å². The SMILES string of the molecule is CC(CN)COS(=O)[O-].[H-].[Na+]. The number of rotatable bonds is 4. The Morgan fingerprint density at radius 2 is 2.40 bits per heavy atom. The molecule has 2 unspecified atom stereocenters. The van der Waals surface area contributed by atoms with Gasteiger partial charge in [0.25, 0.3) is 0 Å². The van der Waals surface area contributed by atoms with Gasteiger partial charge in [-0.2, -0.15) is 0 Å². The van der Waals surface area contributed by atoms with Crippen LogP contribution in [0.1, 0.15) is 8.35 Å². The molecule has 0 amide bonds. The van der Waals surface area contributed by atoms with Crippen molar-refractivity contribution >= 4 is 11.4 Å². The van der Waals surface area contributed by atoms with E-state index in [2.05, 4.69) is 4.18 Å². The summed E-state index contributed by atoms with van der Waals surface area (Å²) in [4.78, 5) is 0. The third kappa shape index (κ3) is 9.03. The van der Waals surface area contributed by atoms with Crippen LogP contribution < -0.4 is 35.3 Å². The summed E-state index contributed by atoms with van der Waals surface area (Å²) in [5.41, 5.74) is 5.18. The van der Waals surface area contributed by atoms with Gasteiger partial charge in [0.1, 0.15) is 0 Å². The van der Waals surface area contributed by atoms with Crippen LogP contribution in [0.3, 0.4) is 0 Å². The standard InChI is InChI=1S/C4H11NO3S.Na.H/c1-4(2-5)3-8-9(6)7;;/h4H,2-3,5H2,1H3,(H,6,7);;/q;+1;-1/p-1. The molecule has 4 nitrogen and oxygen atoms in total. The fraction of sp³-hybridized carbons (Fsp3) is 1.00. The molecule has 0 heterocycles. The van der Waals surface area contributed by atoms with Gasteiger partial charge < -0.3 is 15.9 Å². The summed E-state index contributed by atoms with van der Waals surface area (Å²) in [6.45, 7) is 2.43. The first kappa shape index (κ1) is 13.6. The minimum atomic E-state index is -2.39. The normalized spacial score (nSPS) is 15.5. The Labute approximate surface area is 86.8 Å². The topological polar surface area (TPSA) is 75.4 Å². The average molecular weight is 176 g/mol. The largest absolute Gasteiger partial charge is 1.00 e. The van der Waals surface area contributed by atoms with E-state index in [4.69, 9.17) is 5.73 Å². The predicted molar refractivity (Wildman–Crippen MR) is 34.2 cm³/mol. The molecule has 0 aromatic rings. The fourth-order valence-electron chi connectivity index (χ4n) is 0.240. The summed E-state index contributed by atoms with van der Waals surface area (Å²) in [6, 6.07) is 0. The Morgan fingerprint density at radius 3 is 2.70 bits per heavy atom. The van der Waals surface area contributed by atoms with E-state index in [0.29, 0.717) is 6.54 Å². The summed E-state index contributed by atoms with van der Waals surface area (Å²) >= 11 is -2.39. The maximum atomic E-state index is 9.76. The molecule has 0 bridgehead atoms. The molecule has 2 atom stereocenters. The predicted octanol–water partition coefficient (Wildman–Crippen LogP) is -3.49. The zero-order valence-electron chi connectivity index (χ0n) is 7.20. The maximum absolute atomic E-state index is 9.76. The number of hydrogen-bond acceptors (Lipinski definition) is 4. The summed E-state index contributed by atoms with van der Waals surface area (Å²) in [5, 5.41) is 0. The second-order valence-corrected chi connectivity index (χ2v) is 2.47. The van der Waals surface area contributed by atoms with Crippen LogP contribution in [0, 0.1) is 5.92 Å².